The minimum absolute atomic E-state index is 0.254. The predicted octanol–water partition coefficient (Wildman–Crippen LogP) is 5.28. The van der Waals surface area contributed by atoms with E-state index in [0.29, 0.717) is 32.8 Å². The van der Waals surface area contributed by atoms with Gasteiger partial charge in [-0.05, 0) is 48.0 Å². The van der Waals surface area contributed by atoms with Gasteiger partial charge in [0.1, 0.15) is 16.9 Å². The van der Waals surface area contributed by atoms with Gasteiger partial charge in [0.2, 0.25) is 0 Å². The summed E-state index contributed by atoms with van der Waals surface area (Å²) in [5, 5.41) is 1.39. The van der Waals surface area contributed by atoms with Crippen LogP contribution in [0.15, 0.2) is 67.1 Å². The Morgan fingerprint density at radius 3 is 2.31 bits per heavy atom. The van der Waals surface area contributed by atoms with Gasteiger partial charge in [0.25, 0.3) is 0 Å². The minimum atomic E-state index is -0.330. The maximum atomic E-state index is 13.5. The van der Waals surface area contributed by atoms with Crippen LogP contribution in [0.25, 0.3) is 44.3 Å². The fourth-order valence-corrected chi connectivity index (χ4v) is 3.71. The van der Waals surface area contributed by atoms with Crippen LogP contribution in [-0.4, -0.2) is 19.9 Å². The van der Waals surface area contributed by atoms with Crippen molar-refractivity contribution in [2.75, 3.05) is 5.73 Å². The molecular formula is C22H13ClFN5. The number of fused-ring (bicyclic) bond motifs is 2. The molecule has 2 N–H and O–H groups in total. The van der Waals surface area contributed by atoms with Crippen LogP contribution in [0.5, 0.6) is 0 Å². The highest BCUT2D eigenvalue weighted by atomic mass is 35.5. The number of benzene rings is 2. The molecule has 3 aromatic heterocycles. The van der Waals surface area contributed by atoms with Crippen LogP contribution in [0.1, 0.15) is 0 Å². The maximum absolute atomic E-state index is 13.5. The summed E-state index contributed by atoms with van der Waals surface area (Å²) in [4.78, 5) is 17.8. The van der Waals surface area contributed by atoms with E-state index in [9.17, 15) is 4.39 Å². The molecule has 29 heavy (non-hydrogen) atoms. The van der Waals surface area contributed by atoms with Crippen LogP contribution in [0, 0.1) is 5.82 Å². The molecule has 0 aliphatic carbocycles. The number of nitrogen functional groups attached to an aromatic ring is 1. The average Bonchev–Trinajstić information content (AvgIpc) is 2.74. The Balaban J connectivity index is 1.90. The Morgan fingerprint density at radius 1 is 0.793 bits per heavy atom. The van der Waals surface area contributed by atoms with Gasteiger partial charge in [0.15, 0.2) is 5.82 Å². The van der Waals surface area contributed by atoms with Crippen molar-refractivity contribution in [1.82, 2.24) is 19.9 Å². The number of anilines is 1. The van der Waals surface area contributed by atoms with Crippen LogP contribution >= 0.6 is 11.6 Å². The molecule has 0 atom stereocenters. The predicted molar refractivity (Wildman–Crippen MR) is 113 cm³/mol. The number of hydrogen-bond donors (Lipinski definition) is 1. The fraction of sp³-hybridized carbons (Fsp3) is 0. The van der Waals surface area contributed by atoms with Gasteiger partial charge in [0.05, 0.1) is 16.2 Å². The third-order valence-corrected chi connectivity index (χ3v) is 5.00. The summed E-state index contributed by atoms with van der Waals surface area (Å²) < 4.78 is 13.5. The normalized spacial score (nSPS) is 11.2. The van der Waals surface area contributed by atoms with Crippen molar-refractivity contribution in [3.05, 3.63) is 78.0 Å². The standard InChI is InChI=1S/C22H13ClFN5/c23-16-11-14(10-13-2-1-7-26-18(13)16)17-19(12-3-5-15(24)6-4-12)29-22(25)21-20(17)27-8-9-28-21/h1-11H,(H2,25,29). The third-order valence-electron chi connectivity index (χ3n) is 4.71. The van der Waals surface area contributed by atoms with Crippen molar-refractivity contribution >= 4 is 39.4 Å². The highest BCUT2D eigenvalue weighted by Gasteiger charge is 2.19. The molecule has 0 aliphatic heterocycles. The lowest BCUT2D eigenvalue weighted by atomic mass is 9.96. The Kier molecular flexibility index (Phi) is 4.07. The Morgan fingerprint density at radius 2 is 1.52 bits per heavy atom. The second kappa shape index (κ2) is 6.76. The maximum Gasteiger partial charge on any atom is 0.152 e. The molecule has 0 fully saturated rings. The van der Waals surface area contributed by atoms with Crippen molar-refractivity contribution in [1.29, 1.82) is 0 Å². The van der Waals surface area contributed by atoms with Gasteiger partial charge in [-0.15, -0.1) is 0 Å². The minimum Gasteiger partial charge on any atom is -0.382 e. The van der Waals surface area contributed by atoms with Gasteiger partial charge < -0.3 is 5.73 Å². The molecular weight excluding hydrogens is 389 g/mol. The highest BCUT2D eigenvalue weighted by molar-refractivity contribution is 6.35. The summed E-state index contributed by atoms with van der Waals surface area (Å²) in [5.74, 6) is -0.0756. The number of nitrogens with zero attached hydrogens (tertiary/aromatic N) is 4. The molecule has 2 aromatic carbocycles. The van der Waals surface area contributed by atoms with Crippen LogP contribution < -0.4 is 5.73 Å². The summed E-state index contributed by atoms with van der Waals surface area (Å²) in [5.41, 5.74) is 10.8. The third kappa shape index (κ3) is 2.94. The van der Waals surface area contributed by atoms with E-state index in [2.05, 4.69) is 19.9 Å². The molecule has 0 spiro atoms. The smallest absolute Gasteiger partial charge is 0.152 e. The van der Waals surface area contributed by atoms with Gasteiger partial charge in [-0.1, -0.05) is 17.7 Å². The average molecular weight is 402 g/mol. The highest BCUT2D eigenvalue weighted by Crippen LogP contribution is 2.39. The first-order valence-corrected chi connectivity index (χ1v) is 9.20. The van der Waals surface area contributed by atoms with Gasteiger partial charge in [0, 0.05) is 35.1 Å². The molecule has 0 bridgehead atoms. The molecule has 0 aliphatic rings. The zero-order valence-electron chi connectivity index (χ0n) is 15.0. The number of pyridine rings is 2. The lowest BCUT2D eigenvalue weighted by molar-refractivity contribution is 0.628. The molecule has 5 rings (SSSR count). The van der Waals surface area contributed by atoms with Crippen molar-refractivity contribution in [2.45, 2.75) is 0 Å². The molecule has 140 valence electrons. The first kappa shape index (κ1) is 17.5. The summed E-state index contributed by atoms with van der Waals surface area (Å²) >= 11 is 6.52. The zero-order chi connectivity index (χ0) is 20.0. The molecule has 3 heterocycles. The topological polar surface area (TPSA) is 77.6 Å². The van der Waals surface area contributed by atoms with Crippen molar-refractivity contribution in [3.63, 3.8) is 0 Å². The lowest BCUT2D eigenvalue weighted by Crippen LogP contribution is -2.01. The van der Waals surface area contributed by atoms with Crippen LogP contribution in [0.2, 0.25) is 5.02 Å². The number of nitrogens with two attached hydrogens (primary N) is 1. The molecule has 7 heteroatoms. The van der Waals surface area contributed by atoms with Crippen molar-refractivity contribution < 1.29 is 4.39 Å². The molecule has 5 nitrogen and oxygen atoms in total. The van der Waals surface area contributed by atoms with Crippen molar-refractivity contribution in [3.8, 4) is 22.4 Å². The number of hydrogen-bond acceptors (Lipinski definition) is 5. The van der Waals surface area contributed by atoms with Gasteiger partial charge >= 0.3 is 0 Å². The monoisotopic (exact) mass is 401 g/mol. The summed E-state index contributed by atoms with van der Waals surface area (Å²) in [6, 6.07) is 13.7. The van der Waals surface area contributed by atoms with Crippen LogP contribution in [0.4, 0.5) is 10.2 Å². The number of rotatable bonds is 2. The molecule has 0 saturated heterocycles. The Hall–Kier alpha value is -3.64. The number of halogens is 2. The first-order chi connectivity index (χ1) is 14.1. The zero-order valence-corrected chi connectivity index (χ0v) is 15.7. The first-order valence-electron chi connectivity index (χ1n) is 8.82. The van der Waals surface area contributed by atoms with E-state index in [1.807, 2.05) is 24.3 Å². The second-order valence-corrected chi connectivity index (χ2v) is 6.92. The molecule has 0 unspecified atom stereocenters. The van der Waals surface area contributed by atoms with Gasteiger partial charge in [-0.25, -0.2) is 14.4 Å². The summed E-state index contributed by atoms with van der Waals surface area (Å²) in [6.45, 7) is 0. The summed E-state index contributed by atoms with van der Waals surface area (Å²) in [7, 11) is 0. The van der Waals surface area contributed by atoms with E-state index < -0.39 is 0 Å². The molecule has 5 aromatic rings. The van der Waals surface area contributed by atoms with E-state index in [1.165, 1.54) is 12.1 Å². The molecule has 0 amide bonds. The second-order valence-electron chi connectivity index (χ2n) is 6.51. The van der Waals surface area contributed by atoms with E-state index >= 15 is 0 Å². The lowest BCUT2D eigenvalue weighted by Gasteiger charge is -2.14. The quantitative estimate of drug-likeness (QED) is 0.435. The Bertz CT molecular complexity index is 1390. The largest absolute Gasteiger partial charge is 0.382 e. The van der Waals surface area contributed by atoms with E-state index in [-0.39, 0.29) is 11.6 Å². The van der Waals surface area contributed by atoms with Crippen LogP contribution in [-0.2, 0) is 0 Å². The fourth-order valence-electron chi connectivity index (χ4n) is 3.43. The van der Waals surface area contributed by atoms with Crippen molar-refractivity contribution in [2.24, 2.45) is 0 Å². The van der Waals surface area contributed by atoms with Gasteiger partial charge in [-0.2, -0.15) is 0 Å². The van der Waals surface area contributed by atoms with E-state index in [0.717, 1.165) is 16.5 Å². The number of aromatic nitrogens is 4. The van der Waals surface area contributed by atoms with Gasteiger partial charge in [-0.3, -0.25) is 9.97 Å². The molecule has 0 saturated carbocycles. The van der Waals surface area contributed by atoms with E-state index in [1.54, 1.807) is 30.7 Å². The SMILES string of the molecule is Nc1nc(-c2ccc(F)cc2)c(-c2cc(Cl)c3ncccc3c2)c2nccnc12. The molecule has 0 radical (unpaired) electrons. The summed E-state index contributed by atoms with van der Waals surface area (Å²) in [6.07, 6.45) is 4.87. The van der Waals surface area contributed by atoms with E-state index in [4.69, 9.17) is 17.3 Å². The van der Waals surface area contributed by atoms with Crippen LogP contribution in [0.3, 0.4) is 0 Å². The Labute approximate surface area is 170 Å².